The summed E-state index contributed by atoms with van der Waals surface area (Å²) in [6.45, 7) is 2.43. The van der Waals surface area contributed by atoms with Crippen molar-refractivity contribution in [1.82, 2.24) is 10.2 Å². The molecule has 0 aliphatic carbocycles. The summed E-state index contributed by atoms with van der Waals surface area (Å²) < 4.78 is 31.9. The lowest BCUT2D eigenvalue weighted by molar-refractivity contribution is -0.0175. The highest BCUT2D eigenvalue weighted by atomic mass is 19.2. The molecule has 1 saturated heterocycles. The van der Waals surface area contributed by atoms with Gasteiger partial charge >= 0.3 is 0 Å². The minimum absolute atomic E-state index is 0.126. The van der Waals surface area contributed by atoms with Crippen molar-refractivity contribution < 1.29 is 18.3 Å². The highest BCUT2D eigenvalue weighted by molar-refractivity contribution is 5.94. The van der Waals surface area contributed by atoms with Crippen molar-refractivity contribution in [3.63, 3.8) is 0 Å². The molecule has 0 spiro atoms. The van der Waals surface area contributed by atoms with E-state index >= 15 is 0 Å². The number of nitrogens with zero attached hydrogens (tertiary/aromatic N) is 1. The van der Waals surface area contributed by atoms with E-state index in [4.69, 9.17) is 4.74 Å². The van der Waals surface area contributed by atoms with Crippen LogP contribution in [0.3, 0.4) is 0 Å². The second-order valence-electron chi connectivity index (χ2n) is 4.57. The molecule has 1 N–H and O–H groups in total. The average molecular weight is 270 g/mol. The van der Waals surface area contributed by atoms with Crippen LogP contribution in [0.5, 0.6) is 0 Å². The van der Waals surface area contributed by atoms with Crippen LogP contribution in [0.2, 0.25) is 0 Å². The number of likely N-dealkylation sites (N-methyl/N-ethyl adjacent to an activating group) is 1. The van der Waals surface area contributed by atoms with Crippen molar-refractivity contribution in [2.75, 3.05) is 33.3 Å². The molecule has 1 aliphatic rings. The Bertz CT molecular complexity index is 468. The summed E-state index contributed by atoms with van der Waals surface area (Å²) in [5.74, 6) is -2.78. The summed E-state index contributed by atoms with van der Waals surface area (Å²) in [4.78, 5) is 13.8. The fourth-order valence-electron chi connectivity index (χ4n) is 1.97. The Morgan fingerprint density at radius 1 is 1.53 bits per heavy atom. The van der Waals surface area contributed by atoms with Crippen LogP contribution in [0.25, 0.3) is 0 Å². The van der Waals surface area contributed by atoms with Gasteiger partial charge in [0.05, 0.1) is 18.3 Å². The minimum atomic E-state index is -1.12. The Balaban J connectivity index is 1.92. The number of carbonyl (C=O) groups is 1. The van der Waals surface area contributed by atoms with E-state index < -0.39 is 17.5 Å². The smallest absolute Gasteiger partial charge is 0.254 e. The second-order valence-corrected chi connectivity index (χ2v) is 4.57. The van der Waals surface area contributed by atoms with Crippen LogP contribution >= 0.6 is 0 Å². The Kier molecular flexibility index (Phi) is 4.44. The molecule has 0 bridgehead atoms. The molecule has 0 radical (unpaired) electrons. The Morgan fingerprint density at radius 2 is 2.32 bits per heavy atom. The van der Waals surface area contributed by atoms with E-state index in [1.54, 1.807) is 0 Å². The van der Waals surface area contributed by atoms with E-state index in [0.717, 1.165) is 12.6 Å². The zero-order chi connectivity index (χ0) is 13.8. The molecule has 2 rings (SSSR count). The van der Waals surface area contributed by atoms with Crippen molar-refractivity contribution in [2.45, 2.75) is 6.10 Å². The molecule has 4 nitrogen and oxygen atoms in total. The van der Waals surface area contributed by atoms with Gasteiger partial charge in [-0.25, -0.2) is 8.78 Å². The van der Waals surface area contributed by atoms with Gasteiger partial charge in [-0.2, -0.15) is 0 Å². The van der Waals surface area contributed by atoms with Gasteiger partial charge in [0.2, 0.25) is 0 Å². The maximum atomic E-state index is 13.4. The van der Waals surface area contributed by atoms with Gasteiger partial charge in [-0.3, -0.25) is 4.79 Å². The molecule has 0 aromatic heterocycles. The van der Waals surface area contributed by atoms with Crippen LogP contribution in [0.15, 0.2) is 18.2 Å². The Hall–Kier alpha value is -1.53. The van der Waals surface area contributed by atoms with E-state index in [1.807, 2.05) is 7.05 Å². The number of nitrogens with one attached hydrogen (secondary N) is 1. The van der Waals surface area contributed by atoms with Crippen LogP contribution in [-0.2, 0) is 4.74 Å². The third-order valence-corrected chi connectivity index (χ3v) is 3.03. The zero-order valence-corrected chi connectivity index (χ0v) is 10.7. The van der Waals surface area contributed by atoms with Gasteiger partial charge in [-0.1, -0.05) is 6.07 Å². The third-order valence-electron chi connectivity index (χ3n) is 3.03. The van der Waals surface area contributed by atoms with E-state index in [9.17, 15) is 13.6 Å². The number of benzene rings is 1. The molecule has 1 amide bonds. The number of amides is 1. The highest BCUT2D eigenvalue weighted by Crippen LogP contribution is 2.11. The first-order valence-electron chi connectivity index (χ1n) is 6.10. The monoisotopic (exact) mass is 270 g/mol. The molecule has 1 heterocycles. The van der Waals surface area contributed by atoms with Gasteiger partial charge in [0.25, 0.3) is 5.91 Å². The van der Waals surface area contributed by atoms with Gasteiger partial charge in [-0.15, -0.1) is 0 Å². The largest absolute Gasteiger partial charge is 0.374 e. The third kappa shape index (κ3) is 3.48. The average Bonchev–Trinajstić information content (AvgIpc) is 2.39. The van der Waals surface area contributed by atoms with Crippen LogP contribution < -0.4 is 5.32 Å². The summed E-state index contributed by atoms with van der Waals surface area (Å²) in [5, 5.41) is 2.56. The lowest BCUT2D eigenvalue weighted by Gasteiger charge is -2.30. The lowest BCUT2D eigenvalue weighted by Crippen LogP contribution is -2.46. The zero-order valence-electron chi connectivity index (χ0n) is 10.7. The van der Waals surface area contributed by atoms with Gasteiger partial charge < -0.3 is 15.0 Å². The van der Waals surface area contributed by atoms with Crippen LogP contribution in [0.4, 0.5) is 8.78 Å². The number of carbonyl (C=O) groups excluding carboxylic acids is 1. The first kappa shape index (κ1) is 13.9. The van der Waals surface area contributed by atoms with Crippen molar-refractivity contribution in [2.24, 2.45) is 0 Å². The van der Waals surface area contributed by atoms with Gasteiger partial charge in [0, 0.05) is 19.6 Å². The number of hydrogen-bond acceptors (Lipinski definition) is 3. The Labute approximate surface area is 110 Å². The van der Waals surface area contributed by atoms with E-state index in [2.05, 4.69) is 10.2 Å². The predicted octanol–water partition coefficient (Wildman–Crippen LogP) is 1.03. The minimum Gasteiger partial charge on any atom is -0.374 e. The lowest BCUT2D eigenvalue weighted by atomic mass is 10.2. The molecule has 6 heteroatoms. The SMILES string of the molecule is CN1CCOC(CNC(=O)c2cccc(F)c2F)C1. The number of hydrogen-bond donors (Lipinski definition) is 1. The van der Waals surface area contributed by atoms with E-state index in [0.29, 0.717) is 13.2 Å². The molecule has 1 atom stereocenters. The number of halogens is 2. The maximum Gasteiger partial charge on any atom is 0.254 e. The van der Waals surface area contributed by atoms with Crippen LogP contribution in [0.1, 0.15) is 10.4 Å². The standard InChI is InChI=1S/C13H16F2N2O2/c1-17-5-6-19-9(8-17)7-16-13(18)10-3-2-4-11(14)12(10)15/h2-4,9H,5-8H2,1H3,(H,16,18). The molecule has 0 saturated carbocycles. The summed E-state index contributed by atoms with van der Waals surface area (Å²) in [7, 11) is 1.96. The number of rotatable bonds is 3. The number of ether oxygens (including phenoxy) is 1. The summed E-state index contributed by atoms with van der Waals surface area (Å²) in [5.41, 5.74) is -0.288. The summed E-state index contributed by atoms with van der Waals surface area (Å²) in [6.07, 6.45) is -0.126. The molecule has 19 heavy (non-hydrogen) atoms. The molecule has 1 aromatic carbocycles. The number of morpholine rings is 1. The summed E-state index contributed by atoms with van der Waals surface area (Å²) >= 11 is 0. The van der Waals surface area contributed by atoms with Crippen molar-refractivity contribution >= 4 is 5.91 Å². The molecular formula is C13H16F2N2O2. The van der Waals surface area contributed by atoms with E-state index in [-0.39, 0.29) is 18.2 Å². The first-order valence-corrected chi connectivity index (χ1v) is 6.10. The first-order chi connectivity index (χ1) is 9.08. The Morgan fingerprint density at radius 3 is 3.05 bits per heavy atom. The fraction of sp³-hybridized carbons (Fsp3) is 0.462. The molecule has 1 unspecified atom stereocenters. The topological polar surface area (TPSA) is 41.6 Å². The van der Waals surface area contributed by atoms with Crippen molar-refractivity contribution in [3.05, 3.63) is 35.4 Å². The van der Waals surface area contributed by atoms with Crippen LogP contribution in [0, 0.1) is 11.6 Å². The van der Waals surface area contributed by atoms with Crippen molar-refractivity contribution in [3.8, 4) is 0 Å². The van der Waals surface area contributed by atoms with Gasteiger partial charge in [0.15, 0.2) is 11.6 Å². The predicted molar refractivity (Wildman–Crippen MR) is 65.9 cm³/mol. The van der Waals surface area contributed by atoms with E-state index in [1.165, 1.54) is 12.1 Å². The normalized spacial score (nSPS) is 20.3. The van der Waals surface area contributed by atoms with Crippen molar-refractivity contribution in [1.29, 1.82) is 0 Å². The molecular weight excluding hydrogens is 254 g/mol. The molecule has 104 valence electrons. The summed E-state index contributed by atoms with van der Waals surface area (Å²) in [6, 6.07) is 3.53. The quantitative estimate of drug-likeness (QED) is 0.892. The fourth-order valence-corrected chi connectivity index (χ4v) is 1.97. The van der Waals surface area contributed by atoms with Gasteiger partial charge in [-0.05, 0) is 19.2 Å². The van der Waals surface area contributed by atoms with Crippen LogP contribution in [-0.4, -0.2) is 50.2 Å². The molecule has 1 aromatic rings. The maximum absolute atomic E-state index is 13.4. The second kappa shape index (κ2) is 6.08. The highest BCUT2D eigenvalue weighted by Gasteiger charge is 2.20. The molecule has 1 fully saturated rings. The molecule has 1 aliphatic heterocycles. The van der Waals surface area contributed by atoms with Gasteiger partial charge in [0.1, 0.15) is 0 Å².